The molecule has 1 aromatic rings. The van der Waals surface area contributed by atoms with Crippen LogP contribution < -0.4 is 5.32 Å². The molecule has 0 radical (unpaired) electrons. The Hall–Kier alpha value is -1.23. The molecule has 2 N–H and O–H groups in total. The van der Waals surface area contributed by atoms with Crippen LogP contribution in [0.3, 0.4) is 0 Å². The van der Waals surface area contributed by atoms with Crippen LogP contribution >= 0.6 is 0 Å². The fourth-order valence-corrected chi connectivity index (χ4v) is 2.78. The number of hydrogen-bond donors (Lipinski definition) is 2. The van der Waals surface area contributed by atoms with E-state index in [9.17, 15) is 5.11 Å². The van der Waals surface area contributed by atoms with Gasteiger partial charge in [0.05, 0.1) is 11.4 Å². The number of aliphatic hydroxyl groups is 1. The van der Waals surface area contributed by atoms with Crippen molar-refractivity contribution in [2.24, 2.45) is 5.92 Å². The summed E-state index contributed by atoms with van der Waals surface area (Å²) < 4.78 is 0. The summed E-state index contributed by atoms with van der Waals surface area (Å²) in [5.74, 6) is 0.924. The van der Waals surface area contributed by atoms with E-state index in [4.69, 9.17) is 0 Å². The van der Waals surface area contributed by atoms with Crippen molar-refractivity contribution in [3.63, 3.8) is 0 Å². The predicted molar refractivity (Wildman–Crippen MR) is 75.0 cm³/mol. The van der Waals surface area contributed by atoms with Gasteiger partial charge in [-0.25, -0.2) is 4.98 Å². The third-order valence-electron chi connectivity index (χ3n) is 3.97. The molecule has 5 heteroatoms. The van der Waals surface area contributed by atoms with E-state index in [0.29, 0.717) is 11.9 Å². The summed E-state index contributed by atoms with van der Waals surface area (Å²) >= 11 is 0. The maximum atomic E-state index is 9.43. The van der Waals surface area contributed by atoms with Gasteiger partial charge < -0.3 is 10.4 Å². The van der Waals surface area contributed by atoms with Gasteiger partial charge in [-0.05, 0) is 25.7 Å². The fourth-order valence-electron chi connectivity index (χ4n) is 2.78. The van der Waals surface area contributed by atoms with Crippen LogP contribution in [0.15, 0.2) is 0 Å². The Labute approximate surface area is 114 Å². The van der Waals surface area contributed by atoms with Crippen molar-refractivity contribution in [3.8, 4) is 0 Å². The second kappa shape index (κ2) is 6.80. The van der Waals surface area contributed by atoms with Gasteiger partial charge >= 0.3 is 0 Å². The molecule has 2 atom stereocenters. The Morgan fingerprint density at radius 3 is 2.53 bits per heavy atom. The quantitative estimate of drug-likeness (QED) is 0.850. The third kappa shape index (κ3) is 3.41. The van der Waals surface area contributed by atoms with Crippen LogP contribution in [0.4, 0.5) is 5.95 Å². The predicted octanol–water partition coefficient (Wildman–Crippen LogP) is 1.96. The minimum atomic E-state index is 0.235. The van der Waals surface area contributed by atoms with Gasteiger partial charge in [-0.3, -0.25) is 0 Å². The Kier molecular flexibility index (Phi) is 5.07. The van der Waals surface area contributed by atoms with E-state index in [1.54, 1.807) is 0 Å². The highest BCUT2D eigenvalue weighted by atomic mass is 16.3. The maximum Gasteiger partial charge on any atom is 0.243 e. The first-order chi connectivity index (χ1) is 9.28. The second-order valence-electron chi connectivity index (χ2n) is 5.21. The molecule has 1 fully saturated rings. The molecule has 1 saturated carbocycles. The van der Waals surface area contributed by atoms with E-state index in [1.165, 1.54) is 12.8 Å². The molecule has 0 spiro atoms. The van der Waals surface area contributed by atoms with Gasteiger partial charge in [0.15, 0.2) is 0 Å². The molecule has 0 amide bonds. The number of anilines is 1. The van der Waals surface area contributed by atoms with E-state index >= 15 is 0 Å². The lowest BCUT2D eigenvalue weighted by molar-refractivity contribution is 0.178. The van der Waals surface area contributed by atoms with Crippen molar-refractivity contribution in [1.82, 2.24) is 15.2 Å². The number of rotatable bonds is 5. The zero-order valence-electron chi connectivity index (χ0n) is 11.9. The molecule has 1 aliphatic rings. The lowest BCUT2D eigenvalue weighted by atomic mass is 9.85. The standard InChI is InChI=1S/C14H24N4O/c1-3-11-12(4-2)17-18-14(15-11)16-13-8-6-5-7-10(13)9-19/h10,13,19H,3-9H2,1-2H3,(H,15,16,18)/t10-,13-/m0/s1. The normalized spacial score (nSPS) is 23.3. The van der Waals surface area contributed by atoms with Gasteiger partial charge in [-0.1, -0.05) is 26.7 Å². The van der Waals surface area contributed by atoms with Gasteiger partial charge in [0.1, 0.15) is 0 Å². The first-order valence-corrected chi connectivity index (χ1v) is 7.38. The third-order valence-corrected chi connectivity index (χ3v) is 3.97. The van der Waals surface area contributed by atoms with Crippen molar-refractivity contribution < 1.29 is 5.11 Å². The van der Waals surface area contributed by atoms with E-state index < -0.39 is 0 Å². The highest BCUT2D eigenvalue weighted by Crippen LogP contribution is 2.26. The Morgan fingerprint density at radius 1 is 1.11 bits per heavy atom. The number of aryl methyl sites for hydroxylation is 2. The van der Waals surface area contributed by atoms with Crippen molar-refractivity contribution in [2.75, 3.05) is 11.9 Å². The lowest BCUT2D eigenvalue weighted by Gasteiger charge is -2.30. The minimum absolute atomic E-state index is 0.235. The van der Waals surface area contributed by atoms with E-state index in [0.717, 1.165) is 37.1 Å². The summed E-state index contributed by atoms with van der Waals surface area (Å²) in [4.78, 5) is 4.56. The van der Waals surface area contributed by atoms with Crippen LogP contribution in [-0.4, -0.2) is 32.9 Å². The summed E-state index contributed by atoms with van der Waals surface area (Å²) in [5.41, 5.74) is 2.01. The molecule has 1 heterocycles. The first-order valence-electron chi connectivity index (χ1n) is 7.38. The molecule has 19 heavy (non-hydrogen) atoms. The van der Waals surface area contributed by atoms with Crippen LogP contribution in [-0.2, 0) is 12.8 Å². The molecule has 0 bridgehead atoms. The zero-order chi connectivity index (χ0) is 13.7. The SMILES string of the molecule is CCc1nnc(N[C@H]2CCCC[C@H]2CO)nc1CC. The van der Waals surface area contributed by atoms with Crippen molar-refractivity contribution in [1.29, 1.82) is 0 Å². The Morgan fingerprint density at radius 2 is 1.84 bits per heavy atom. The molecular formula is C14H24N4O. The van der Waals surface area contributed by atoms with Crippen molar-refractivity contribution in [3.05, 3.63) is 11.4 Å². The van der Waals surface area contributed by atoms with Crippen LogP contribution in [0.1, 0.15) is 50.9 Å². The Balaban J connectivity index is 2.09. The smallest absolute Gasteiger partial charge is 0.243 e. The van der Waals surface area contributed by atoms with Gasteiger partial charge in [0.2, 0.25) is 5.95 Å². The summed E-state index contributed by atoms with van der Waals surface area (Å²) in [5, 5.41) is 21.2. The average Bonchev–Trinajstić information content (AvgIpc) is 2.47. The summed E-state index contributed by atoms with van der Waals surface area (Å²) in [7, 11) is 0. The highest BCUT2D eigenvalue weighted by molar-refractivity contribution is 5.27. The van der Waals surface area contributed by atoms with Crippen LogP contribution in [0.5, 0.6) is 0 Å². The molecule has 106 valence electrons. The van der Waals surface area contributed by atoms with Crippen molar-refractivity contribution in [2.45, 2.75) is 58.4 Å². The molecule has 0 saturated heterocycles. The lowest BCUT2D eigenvalue weighted by Crippen LogP contribution is -2.35. The molecule has 0 unspecified atom stereocenters. The summed E-state index contributed by atoms with van der Waals surface area (Å²) in [6, 6.07) is 0.276. The average molecular weight is 264 g/mol. The van der Waals surface area contributed by atoms with Crippen molar-refractivity contribution >= 4 is 5.95 Å². The van der Waals surface area contributed by atoms with Gasteiger partial charge in [0.25, 0.3) is 0 Å². The molecule has 1 aromatic heterocycles. The number of aromatic nitrogens is 3. The topological polar surface area (TPSA) is 70.9 Å². The summed E-state index contributed by atoms with van der Waals surface area (Å²) in [6.07, 6.45) is 6.31. The number of aliphatic hydroxyl groups excluding tert-OH is 1. The molecule has 5 nitrogen and oxygen atoms in total. The van der Waals surface area contributed by atoms with Gasteiger partial charge in [-0.15, -0.1) is 5.10 Å². The second-order valence-corrected chi connectivity index (χ2v) is 5.21. The molecule has 0 aromatic carbocycles. The van der Waals surface area contributed by atoms with Crippen LogP contribution in [0, 0.1) is 5.92 Å². The van der Waals surface area contributed by atoms with Gasteiger partial charge in [-0.2, -0.15) is 5.10 Å². The number of hydrogen-bond acceptors (Lipinski definition) is 5. The number of nitrogens with one attached hydrogen (secondary N) is 1. The highest BCUT2D eigenvalue weighted by Gasteiger charge is 2.25. The molecular weight excluding hydrogens is 240 g/mol. The van der Waals surface area contributed by atoms with Crippen LogP contribution in [0.2, 0.25) is 0 Å². The van der Waals surface area contributed by atoms with E-state index in [-0.39, 0.29) is 12.6 Å². The summed E-state index contributed by atoms with van der Waals surface area (Å²) in [6.45, 7) is 4.39. The largest absolute Gasteiger partial charge is 0.396 e. The first kappa shape index (κ1) is 14.2. The Bertz CT molecular complexity index is 410. The molecule has 1 aliphatic carbocycles. The minimum Gasteiger partial charge on any atom is -0.396 e. The maximum absolute atomic E-state index is 9.43. The molecule has 0 aliphatic heterocycles. The van der Waals surface area contributed by atoms with E-state index in [2.05, 4.69) is 34.3 Å². The molecule has 2 rings (SSSR count). The number of nitrogens with zero attached hydrogens (tertiary/aromatic N) is 3. The van der Waals surface area contributed by atoms with Gasteiger partial charge in [0, 0.05) is 18.6 Å². The monoisotopic (exact) mass is 264 g/mol. The van der Waals surface area contributed by atoms with Crippen LogP contribution in [0.25, 0.3) is 0 Å². The van der Waals surface area contributed by atoms with E-state index in [1.807, 2.05) is 0 Å². The fraction of sp³-hybridized carbons (Fsp3) is 0.786. The zero-order valence-corrected chi connectivity index (χ0v) is 11.9.